The first-order valence-corrected chi connectivity index (χ1v) is 10.9. The van der Waals surface area contributed by atoms with Gasteiger partial charge in [-0.15, -0.1) is 5.73 Å². The van der Waals surface area contributed by atoms with E-state index in [0.29, 0.717) is 0 Å². The highest BCUT2D eigenvalue weighted by atomic mass is 79.9. The average molecular weight is 502 g/mol. The molecule has 0 saturated heterocycles. The second-order valence-electron chi connectivity index (χ2n) is 6.57. The molecule has 0 atom stereocenters. The average Bonchev–Trinajstić information content (AvgIpc) is 2.77. The van der Waals surface area contributed by atoms with Crippen LogP contribution in [0.25, 0.3) is 11.1 Å². The maximum Gasteiger partial charge on any atom is 0.0327 e. The van der Waals surface area contributed by atoms with Gasteiger partial charge in [-0.05, 0) is 23.3 Å². The van der Waals surface area contributed by atoms with Crippen LogP contribution < -0.4 is 0 Å². The quantitative estimate of drug-likeness (QED) is 0.246. The minimum absolute atomic E-state index is 1.05. The van der Waals surface area contributed by atoms with Crippen LogP contribution in [0.1, 0.15) is 22.3 Å². The van der Waals surface area contributed by atoms with Crippen molar-refractivity contribution in [2.75, 3.05) is 0 Å². The van der Waals surface area contributed by atoms with Crippen molar-refractivity contribution in [2.45, 2.75) is 0 Å². The van der Waals surface area contributed by atoms with Gasteiger partial charge < -0.3 is 0 Å². The van der Waals surface area contributed by atoms with Crippen molar-refractivity contribution in [3.63, 3.8) is 0 Å². The number of benzene rings is 4. The zero-order chi connectivity index (χ0) is 20.1. The van der Waals surface area contributed by atoms with Crippen LogP contribution in [-0.4, -0.2) is 0 Å². The van der Waals surface area contributed by atoms with Crippen molar-refractivity contribution in [3.05, 3.63) is 146 Å². The predicted molar refractivity (Wildman–Crippen MR) is 130 cm³/mol. The molecule has 0 N–H and O–H groups in total. The molecule has 0 heterocycles. The molecule has 2 heteroatoms. The Morgan fingerprint density at radius 1 is 0.448 bits per heavy atom. The van der Waals surface area contributed by atoms with Gasteiger partial charge in [-0.1, -0.05) is 129 Å². The summed E-state index contributed by atoms with van der Waals surface area (Å²) in [4.78, 5) is 0. The third-order valence-electron chi connectivity index (χ3n) is 4.66. The fourth-order valence-corrected chi connectivity index (χ4v) is 4.22. The zero-order valence-corrected chi connectivity index (χ0v) is 18.8. The van der Waals surface area contributed by atoms with E-state index in [0.717, 1.165) is 42.3 Å². The second kappa shape index (κ2) is 9.24. The predicted octanol–water partition coefficient (Wildman–Crippen LogP) is 8.37. The summed E-state index contributed by atoms with van der Waals surface area (Å²) in [6.45, 7) is 0. The van der Waals surface area contributed by atoms with Crippen LogP contribution in [0.4, 0.5) is 0 Å². The Kier molecular flexibility index (Phi) is 6.27. The van der Waals surface area contributed by atoms with Gasteiger partial charge in [0.05, 0.1) is 0 Å². The van der Waals surface area contributed by atoms with Crippen LogP contribution in [0.2, 0.25) is 0 Å². The lowest BCUT2D eigenvalue weighted by Gasteiger charge is -2.12. The van der Waals surface area contributed by atoms with E-state index in [1.54, 1.807) is 0 Å². The molecule has 0 unspecified atom stereocenters. The number of halogens is 2. The Labute approximate surface area is 188 Å². The summed E-state index contributed by atoms with van der Waals surface area (Å²) in [5, 5.41) is 0. The van der Waals surface area contributed by atoms with Crippen molar-refractivity contribution in [1.82, 2.24) is 0 Å². The molecule has 0 amide bonds. The highest BCUT2D eigenvalue weighted by Crippen LogP contribution is 2.33. The van der Waals surface area contributed by atoms with E-state index in [-0.39, 0.29) is 0 Å². The summed E-state index contributed by atoms with van der Waals surface area (Å²) >= 11 is 7.46. The molecule has 0 spiro atoms. The summed E-state index contributed by atoms with van der Waals surface area (Å²) in [6.07, 6.45) is 0. The molecule has 140 valence electrons. The first-order chi connectivity index (χ1) is 14.2. The summed E-state index contributed by atoms with van der Waals surface area (Å²) < 4.78 is 2.09. The van der Waals surface area contributed by atoms with E-state index in [1.807, 2.05) is 24.3 Å². The van der Waals surface area contributed by atoms with Crippen molar-refractivity contribution in [1.29, 1.82) is 0 Å². The molecule has 0 aliphatic carbocycles. The number of rotatable bonds is 4. The second-order valence-corrected chi connectivity index (χ2v) is 8.28. The molecule has 4 aromatic rings. The minimum atomic E-state index is 1.05. The van der Waals surface area contributed by atoms with Gasteiger partial charge in [0, 0.05) is 31.2 Å². The molecule has 0 saturated carbocycles. The largest absolute Gasteiger partial charge is 0.102 e. The van der Waals surface area contributed by atoms with Gasteiger partial charge >= 0.3 is 0 Å². The lowest BCUT2D eigenvalue weighted by molar-refractivity contribution is 1.50. The lowest BCUT2D eigenvalue weighted by atomic mass is 9.93. The van der Waals surface area contributed by atoms with Crippen molar-refractivity contribution in [2.24, 2.45) is 0 Å². The van der Waals surface area contributed by atoms with Gasteiger partial charge in [-0.25, -0.2) is 0 Å². The number of hydrogen-bond acceptors (Lipinski definition) is 0. The fraction of sp³-hybridized carbons (Fsp3) is 0. The molecule has 0 aromatic heterocycles. The molecule has 29 heavy (non-hydrogen) atoms. The van der Waals surface area contributed by atoms with Gasteiger partial charge in [-0.2, -0.15) is 0 Å². The maximum absolute atomic E-state index is 3.77. The van der Waals surface area contributed by atoms with E-state index in [9.17, 15) is 0 Å². The van der Waals surface area contributed by atoms with Crippen LogP contribution in [0, 0.1) is 0 Å². The van der Waals surface area contributed by atoms with Gasteiger partial charge in [0.2, 0.25) is 0 Å². The van der Waals surface area contributed by atoms with Gasteiger partial charge in [-0.3, -0.25) is 0 Å². The Bertz CT molecular complexity index is 1090. The molecule has 0 fully saturated rings. The first-order valence-electron chi connectivity index (χ1n) is 9.35. The Hall–Kier alpha value is -2.64. The molecule has 0 bridgehead atoms. The van der Waals surface area contributed by atoms with E-state index in [1.165, 1.54) is 0 Å². The highest BCUT2D eigenvalue weighted by Gasteiger charge is 2.12. The van der Waals surface area contributed by atoms with Gasteiger partial charge in [0.1, 0.15) is 0 Å². The van der Waals surface area contributed by atoms with E-state index >= 15 is 0 Å². The fourth-order valence-electron chi connectivity index (χ4n) is 3.25. The molecule has 4 rings (SSSR count). The molecule has 4 aromatic carbocycles. The summed E-state index contributed by atoms with van der Waals surface area (Å²) in [5.41, 5.74) is 10.3. The molecular formula is C27H18Br2. The van der Waals surface area contributed by atoms with E-state index in [2.05, 4.69) is 123 Å². The molecular weight excluding hydrogens is 484 g/mol. The standard InChI is InChI=1S/C27H18Br2/c28-26-17-9-7-15-22(26)24(20-11-3-1-4-12-20)19-25(21-13-5-2-6-14-21)23-16-8-10-18-27(23)29/h1-18H. The smallest absolute Gasteiger partial charge is 0.0327 e. The minimum Gasteiger partial charge on any atom is -0.102 e. The Balaban J connectivity index is 2.11. The maximum atomic E-state index is 3.77. The SMILES string of the molecule is Brc1ccccc1C(=C=C(c1ccccc1)c1ccccc1Br)c1ccccc1. The Morgan fingerprint density at radius 3 is 1.17 bits per heavy atom. The van der Waals surface area contributed by atoms with Crippen molar-refractivity contribution >= 4 is 43.0 Å². The van der Waals surface area contributed by atoms with Crippen molar-refractivity contribution in [3.8, 4) is 0 Å². The molecule has 0 aliphatic rings. The zero-order valence-electron chi connectivity index (χ0n) is 15.6. The summed E-state index contributed by atoms with van der Waals surface area (Å²) in [6, 6.07) is 37.4. The molecule has 0 nitrogen and oxygen atoms in total. The Morgan fingerprint density at radius 2 is 0.793 bits per heavy atom. The summed E-state index contributed by atoms with van der Waals surface area (Å²) in [7, 11) is 0. The van der Waals surface area contributed by atoms with Gasteiger partial charge in [0.15, 0.2) is 0 Å². The third-order valence-corrected chi connectivity index (χ3v) is 6.04. The van der Waals surface area contributed by atoms with Crippen LogP contribution in [0.5, 0.6) is 0 Å². The normalized spacial score (nSPS) is 10.3. The summed E-state index contributed by atoms with van der Waals surface area (Å²) in [5.74, 6) is 0. The topological polar surface area (TPSA) is 0 Å². The number of hydrogen-bond donors (Lipinski definition) is 0. The van der Waals surface area contributed by atoms with E-state index in [4.69, 9.17) is 0 Å². The molecule has 0 radical (unpaired) electrons. The molecule has 0 aliphatic heterocycles. The van der Waals surface area contributed by atoms with Crippen LogP contribution in [0.15, 0.2) is 124 Å². The van der Waals surface area contributed by atoms with E-state index < -0.39 is 0 Å². The third kappa shape index (κ3) is 4.52. The van der Waals surface area contributed by atoms with Gasteiger partial charge in [0.25, 0.3) is 0 Å². The van der Waals surface area contributed by atoms with Crippen LogP contribution in [0.3, 0.4) is 0 Å². The van der Waals surface area contributed by atoms with Crippen LogP contribution >= 0.6 is 31.9 Å². The highest BCUT2D eigenvalue weighted by molar-refractivity contribution is 9.10. The first kappa shape index (κ1) is 19.7. The van der Waals surface area contributed by atoms with Crippen molar-refractivity contribution < 1.29 is 0 Å². The monoisotopic (exact) mass is 500 g/mol. The lowest BCUT2D eigenvalue weighted by Crippen LogP contribution is -1.92. The van der Waals surface area contributed by atoms with Crippen LogP contribution in [-0.2, 0) is 0 Å².